The van der Waals surface area contributed by atoms with Crippen LogP contribution in [-0.4, -0.2) is 6.54 Å². The molecule has 84 valence electrons. The number of benzene rings is 1. The Kier molecular flexibility index (Phi) is 6.02. The first-order chi connectivity index (χ1) is 7.33. The SMILES string of the molecule is NCCCCCCCc1cccc(F)c1. The molecule has 2 heteroatoms. The number of aryl methyl sites for hydroxylation is 1. The lowest BCUT2D eigenvalue weighted by Gasteiger charge is -2.01. The van der Waals surface area contributed by atoms with Gasteiger partial charge in [0.05, 0.1) is 0 Å². The molecule has 0 heterocycles. The highest BCUT2D eigenvalue weighted by Crippen LogP contribution is 2.10. The highest BCUT2D eigenvalue weighted by molar-refractivity contribution is 5.16. The van der Waals surface area contributed by atoms with Crippen molar-refractivity contribution in [3.8, 4) is 0 Å². The summed E-state index contributed by atoms with van der Waals surface area (Å²) in [5, 5.41) is 0. The Labute approximate surface area is 91.5 Å². The molecule has 0 saturated heterocycles. The molecule has 0 aromatic heterocycles. The van der Waals surface area contributed by atoms with Crippen molar-refractivity contribution in [2.45, 2.75) is 38.5 Å². The van der Waals surface area contributed by atoms with E-state index in [1.165, 1.54) is 25.3 Å². The number of rotatable bonds is 7. The van der Waals surface area contributed by atoms with Gasteiger partial charge in [0.2, 0.25) is 0 Å². The van der Waals surface area contributed by atoms with Crippen LogP contribution in [0.3, 0.4) is 0 Å². The van der Waals surface area contributed by atoms with E-state index < -0.39 is 0 Å². The van der Waals surface area contributed by atoms with E-state index in [1.807, 2.05) is 6.07 Å². The predicted octanol–water partition coefficient (Wildman–Crippen LogP) is 3.28. The minimum absolute atomic E-state index is 0.129. The van der Waals surface area contributed by atoms with Gasteiger partial charge in [-0.25, -0.2) is 4.39 Å². The lowest BCUT2D eigenvalue weighted by atomic mass is 10.1. The second kappa shape index (κ2) is 7.41. The van der Waals surface area contributed by atoms with Crippen LogP contribution in [0, 0.1) is 5.82 Å². The zero-order valence-corrected chi connectivity index (χ0v) is 9.21. The molecular formula is C13H20FN. The van der Waals surface area contributed by atoms with E-state index >= 15 is 0 Å². The quantitative estimate of drug-likeness (QED) is 0.685. The predicted molar refractivity (Wildman–Crippen MR) is 62.2 cm³/mol. The van der Waals surface area contributed by atoms with Crippen LogP contribution in [0.2, 0.25) is 0 Å². The molecule has 0 saturated carbocycles. The first-order valence-corrected chi connectivity index (χ1v) is 5.77. The molecule has 0 spiro atoms. The third kappa shape index (κ3) is 5.53. The van der Waals surface area contributed by atoms with Gasteiger partial charge in [-0.2, -0.15) is 0 Å². The van der Waals surface area contributed by atoms with Crippen molar-refractivity contribution in [3.05, 3.63) is 35.6 Å². The summed E-state index contributed by atoms with van der Waals surface area (Å²) >= 11 is 0. The Bertz CT molecular complexity index is 273. The van der Waals surface area contributed by atoms with E-state index in [0.717, 1.165) is 31.4 Å². The second-order valence-electron chi connectivity index (χ2n) is 3.94. The Morgan fingerprint density at radius 3 is 2.47 bits per heavy atom. The molecule has 0 radical (unpaired) electrons. The van der Waals surface area contributed by atoms with Crippen molar-refractivity contribution in [3.63, 3.8) is 0 Å². The summed E-state index contributed by atoms with van der Waals surface area (Å²) in [6.07, 6.45) is 6.94. The van der Waals surface area contributed by atoms with Gasteiger partial charge in [0.25, 0.3) is 0 Å². The van der Waals surface area contributed by atoms with Crippen molar-refractivity contribution < 1.29 is 4.39 Å². The molecule has 1 nitrogen and oxygen atoms in total. The zero-order valence-electron chi connectivity index (χ0n) is 9.21. The molecule has 0 fully saturated rings. The average Bonchev–Trinajstić information content (AvgIpc) is 2.23. The first-order valence-electron chi connectivity index (χ1n) is 5.77. The second-order valence-corrected chi connectivity index (χ2v) is 3.94. The third-order valence-electron chi connectivity index (χ3n) is 2.56. The number of halogens is 1. The van der Waals surface area contributed by atoms with Crippen LogP contribution in [0.5, 0.6) is 0 Å². The lowest BCUT2D eigenvalue weighted by Crippen LogP contribution is -1.97. The normalized spacial score (nSPS) is 10.5. The maximum Gasteiger partial charge on any atom is 0.123 e. The van der Waals surface area contributed by atoms with Crippen LogP contribution in [0.15, 0.2) is 24.3 Å². The van der Waals surface area contributed by atoms with Crippen molar-refractivity contribution >= 4 is 0 Å². The minimum atomic E-state index is -0.129. The molecular weight excluding hydrogens is 189 g/mol. The van der Waals surface area contributed by atoms with E-state index in [1.54, 1.807) is 12.1 Å². The summed E-state index contributed by atoms with van der Waals surface area (Å²) in [4.78, 5) is 0. The Morgan fingerprint density at radius 2 is 1.73 bits per heavy atom. The maximum atomic E-state index is 12.8. The summed E-state index contributed by atoms with van der Waals surface area (Å²) in [6.45, 7) is 0.796. The van der Waals surface area contributed by atoms with Gasteiger partial charge in [0.15, 0.2) is 0 Å². The van der Waals surface area contributed by atoms with Crippen LogP contribution in [0.4, 0.5) is 4.39 Å². The zero-order chi connectivity index (χ0) is 10.9. The monoisotopic (exact) mass is 209 g/mol. The van der Waals surface area contributed by atoms with Crippen molar-refractivity contribution in [2.75, 3.05) is 6.54 Å². The molecule has 0 atom stereocenters. The average molecular weight is 209 g/mol. The summed E-state index contributed by atoms with van der Waals surface area (Å²) in [6, 6.07) is 6.88. The molecule has 1 rings (SSSR count). The van der Waals surface area contributed by atoms with E-state index in [2.05, 4.69) is 0 Å². The van der Waals surface area contributed by atoms with E-state index in [-0.39, 0.29) is 5.82 Å². The van der Waals surface area contributed by atoms with E-state index in [4.69, 9.17) is 5.73 Å². The van der Waals surface area contributed by atoms with E-state index in [0.29, 0.717) is 0 Å². The minimum Gasteiger partial charge on any atom is -0.330 e. The fraction of sp³-hybridized carbons (Fsp3) is 0.538. The van der Waals surface area contributed by atoms with Crippen LogP contribution >= 0.6 is 0 Å². The van der Waals surface area contributed by atoms with Crippen LogP contribution in [-0.2, 0) is 6.42 Å². The molecule has 0 aliphatic heterocycles. The fourth-order valence-electron chi connectivity index (χ4n) is 1.70. The number of nitrogens with two attached hydrogens (primary N) is 1. The first kappa shape index (κ1) is 12.2. The van der Waals surface area contributed by atoms with Gasteiger partial charge < -0.3 is 5.73 Å². The lowest BCUT2D eigenvalue weighted by molar-refractivity contribution is 0.609. The standard InChI is InChI=1S/C13H20FN/c14-13-9-6-8-12(11-13)7-4-2-1-3-5-10-15/h6,8-9,11H,1-5,7,10,15H2. The molecule has 2 N–H and O–H groups in total. The summed E-state index contributed by atoms with van der Waals surface area (Å²) in [7, 11) is 0. The fourth-order valence-corrected chi connectivity index (χ4v) is 1.70. The highest BCUT2D eigenvalue weighted by Gasteiger charge is 1.95. The number of hydrogen-bond acceptors (Lipinski definition) is 1. The largest absolute Gasteiger partial charge is 0.330 e. The van der Waals surface area contributed by atoms with Crippen molar-refractivity contribution in [1.82, 2.24) is 0 Å². The van der Waals surface area contributed by atoms with Gasteiger partial charge >= 0.3 is 0 Å². The van der Waals surface area contributed by atoms with Gasteiger partial charge in [-0.1, -0.05) is 31.4 Å². The molecule has 0 aliphatic carbocycles. The van der Waals surface area contributed by atoms with Gasteiger partial charge in [-0.15, -0.1) is 0 Å². The molecule has 0 unspecified atom stereocenters. The maximum absolute atomic E-state index is 12.8. The van der Waals surface area contributed by atoms with Gasteiger partial charge in [0, 0.05) is 0 Å². The molecule has 0 bridgehead atoms. The van der Waals surface area contributed by atoms with Gasteiger partial charge in [-0.05, 0) is 43.5 Å². The molecule has 1 aromatic rings. The van der Waals surface area contributed by atoms with Crippen LogP contribution < -0.4 is 5.73 Å². The van der Waals surface area contributed by atoms with Crippen molar-refractivity contribution in [1.29, 1.82) is 0 Å². The van der Waals surface area contributed by atoms with E-state index in [9.17, 15) is 4.39 Å². The smallest absolute Gasteiger partial charge is 0.123 e. The Morgan fingerprint density at radius 1 is 1.00 bits per heavy atom. The third-order valence-corrected chi connectivity index (χ3v) is 2.56. The summed E-state index contributed by atoms with van der Waals surface area (Å²) in [5.41, 5.74) is 6.51. The highest BCUT2D eigenvalue weighted by atomic mass is 19.1. The van der Waals surface area contributed by atoms with Crippen LogP contribution in [0.1, 0.15) is 37.7 Å². The Hall–Kier alpha value is -0.890. The summed E-state index contributed by atoms with van der Waals surface area (Å²) in [5.74, 6) is -0.129. The molecule has 1 aromatic carbocycles. The molecule has 0 aliphatic rings. The van der Waals surface area contributed by atoms with Gasteiger partial charge in [-0.3, -0.25) is 0 Å². The van der Waals surface area contributed by atoms with Crippen LogP contribution in [0.25, 0.3) is 0 Å². The molecule has 15 heavy (non-hydrogen) atoms. The summed E-state index contributed by atoms with van der Waals surface area (Å²) < 4.78 is 12.8. The number of hydrogen-bond donors (Lipinski definition) is 1. The van der Waals surface area contributed by atoms with Gasteiger partial charge in [0.1, 0.15) is 5.82 Å². The van der Waals surface area contributed by atoms with Crippen molar-refractivity contribution in [2.24, 2.45) is 5.73 Å². The topological polar surface area (TPSA) is 26.0 Å². The number of unbranched alkanes of at least 4 members (excludes halogenated alkanes) is 4. The Balaban J connectivity index is 2.10. The molecule has 0 amide bonds.